The van der Waals surface area contributed by atoms with E-state index in [0.29, 0.717) is 0 Å². The topological polar surface area (TPSA) is 60.4 Å². The molecule has 3 aromatic rings. The summed E-state index contributed by atoms with van der Waals surface area (Å²) in [6, 6.07) is 3.35. The Morgan fingerprint density at radius 1 is 1.26 bits per heavy atom. The van der Waals surface area contributed by atoms with Crippen LogP contribution in [0.15, 0.2) is 38.2 Å². The standard InChI is InChI=1S/C11H4BrF2N3O2/c12-5-4-15-11-17(10(5)18)9(16-19-11)8-6(13)2-1-3-7(8)14/h1-4H. The summed E-state index contributed by atoms with van der Waals surface area (Å²) in [5, 5.41) is 3.51. The van der Waals surface area contributed by atoms with Gasteiger partial charge in [-0.25, -0.2) is 18.2 Å². The van der Waals surface area contributed by atoms with Crippen molar-refractivity contribution in [1.82, 2.24) is 14.5 Å². The van der Waals surface area contributed by atoms with Crippen molar-refractivity contribution in [2.45, 2.75) is 0 Å². The first-order valence-electron chi connectivity index (χ1n) is 5.07. The summed E-state index contributed by atoms with van der Waals surface area (Å²) in [6.07, 6.45) is 1.23. The average Bonchev–Trinajstić information content (AvgIpc) is 2.78. The van der Waals surface area contributed by atoms with Crippen LogP contribution in [0.1, 0.15) is 0 Å². The van der Waals surface area contributed by atoms with Gasteiger partial charge in [0, 0.05) is 0 Å². The predicted molar refractivity (Wildman–Crippen MR) is 64.6 cm³/mol. The first-order chi connectivity index (χ1) is 9.09. The molecule has 0 aliphatic rings. The maximum Gasteiger partial charge on any atom is 0.335 e. The Bertz CT molecular complexity index is 823. The van der Waals surface area contributed by atoms with Gasteiger partial charge in [-0.3, -0.25) is 4.79 Å². The normalized spacial score (nSPS) is 11.1. The second-order valence-electron chi connectivity index (χ2n) is 3.63. The SMILES string of the molecule is O=c1c(Br)cnc2onc(-c3c(F)cccc3F)n12. The highest BCUT2D eigenvalue weighted by atomic mass is 79.9. The molecule has 2 heterocycles. The molecule has 0 aliphatic heterocycles. The van der Waals surface area contributed by atoms with Gasteiger partial charge in [0.1, 0.15) is 16.1 Å². The highest BCUT2D eigenvalue weighted by Crippen LogP contribution is 2.24. The fourth-order valence-corrected chi connectivity index (χ4v) is 1.94. The molecule has 19 heavy (non-hydrogen) atoms. The van der Waals surface area contributed by atoms with Crippen molar-refractivity contribution in [3.8, 4) is 11.4 Å². The fraction of sp³-hybridized carbons (Fsp3) is 0. The Labute approximate surface area is 112 Å². The number of halogens is 3. The Kier molecular flexibility index (Phi) is 2.67. The molecule has 0 spiro atoms. The molecule has 0 amide bonds. The highest BCUT2D eigenvalue weighted by molar-refractivity contribution is 9.10. The van der Waals surface area contributed by atoms with Gasteiger partial charge in [0.05, 0.1) is 11.8 Å². The van der Waals surface area contributed by atoms with Gasteiger partial charge in [-0.1, -0.05) is 11.2 Å². The van der Waals surface area contributed by atoms with Crippen LogP contribution in [0.3, 0.4) is 0 Å². The molecule has 1 aromatic carbocycles. The van der Waals surface area contributed by atoms with Gasteiger partial charge in [-0.2, -0.15) is 0 Å². The lowest BCUT2D eigenvalue weighted by molar-refractivity contribution is 0.447. The van der Waals surface area contributed by atoms with Crippen molar-refractivity contribution >= 4 is 21.8 Å². The third-order valence-corrected chi connectivity index (χ3v) is 3.04. The van der Waals surface area contributed by atoms with Gasteiger partial charge < -0.3 is 4.52 Å². The number of nitrogens with zero attached hydrogens (tertiary/aromatic N) is 3. The molecule has 96 valence electrons. The summed E-state index contributed by atoms with van der Waals surface area (Å²) in [7, 11) is 0. The van der Waals surface area contributed by atoms with Crippen LogP contribution in [-0.2, 0) is 0 Å². The summed E-state index contributed by atoms with van der Waals surface area (Å²) < 4.78 is 33.2. The van der Waals surface area contributed by atoms with Crippen molar-refractivity contribution in [3.63, 3.8) is 0 Å². The third-order valence-electron chi connectivity index (χ3n) is 2.50. The summed E-state index contributed by atoms with van der Waals surface area (Å²) >= 11 is 2.99. The molecule has 5 nitrogen and oxygen atoms in total. The monoisotopic (exact) mass is 327 g/mol. The van der Waals surface area contributed by atoms with Crippen LogP contribution in [0, 0.1) is 11.6 Å². The summed E-state index contributed by atoms with van der Waals surface area (Å²) in [4.78, 5) is 15.7. The summed E-state index contributed by atoms with van der Waals surface area (Å²) in [6.45, 7) is 0. The fourth-order valence-electron chi connectivity index (χ4n) is 1.66. The first kappa shape index (κ1) is 12.0. The van der Waals surface area contributed by atoms with Crippen LogP contribution in [0.5, 0.6) is 0 Å². The zero-order valence-corrected chi connectivity index (χ0v) is 10.7. The predicted octanol–water partition coefficient (Wildman–Crippen LogP) is 2.39. The molecule has 0 saturated heterocycles. The number of aromatic nitrogens is 3. The minimum absolute atomic E-state index is 0.131. The lowest BCUT2D eigenvalue weighted by atomic mass is 10.2. The largest absolute Gasteiger partial charge is 0.335 e. The second kappa shape index (κ2) is 4.23. The molecule has 0 unspecified atom stereocenters. The van der Waals surface area contributed by atoms with Crippen molar-refractivity contribution in [2.24, 2.45) is 0 Å². The Morgan fingerprint density at radius 2 is 1.95 bits per heavy atom. The second-order valence-corrected chi connectivity index (χ2v) is 4.49. The van der Waals surface area contributed by atoms with Crippen LogP contribution in [-0.4, -0.2) is 14.5 Å². The number of rotatable bonds is 1. The van der Waals surface area contributed by atoms with Gasteiger partial charge in [0.15, 0.2) is 5.82 Å². The van der Waals surface area contributed by atoms with E-state index in [-0.39, 0.29) is 16.1 Å². The van der Waals surface area contributed by atoms with Crippen LogP contribution in [0.25, 0.3) is 17.2 Å². The van der Waals surface area contributed by atoms with Crippen molar-refractivity contribution in [3.05, 3.63) is 50.9 Å². The van der Waals surface area contributed by atoms with E-state index in [9.17, 15) is 13.6 Å². The molecule has 0 atom stereocenters. The average molecular weight is 328 g/mol. The van der Waals surface area contributed by atoms with E-state index in [1.165, 1.54) is 12.3 Å². The van der Waals surface area contributed by atoms with E-state index in [1.54, 1.807) is 0 Å². The van der Waals surface area contributed by atoms with Crippen LogP contribution >= 0.6 is 15.9 Å². The minimum atomic E-state index is -0.845. The minimum Gasteiger partial charge on any atom is -0.314 e. The quantitative estimate of drug-likeness (QED) is 0.688. The van der Waals surface area contributed by atoms with E-state index < -0.39 is 22.8 Å². The molecule has 0 aliphatic carbocycles. The molecule has 0 saturated carbocycles. The number of fused-ring (bicyclic) bond motifs is 1. The third kappa shape index (κ3) is 1.75. The van der Waals surface area contributed by atoms with Crippen molar-refractivity contribution < 1.29 is 13.3 Å². The van der Waals surface area contributed by atoms with Gasteiger partial charge in [0.2, 0.25) is 0 Å². The van der Waals surface area contributed by atoms with Gasteiger partial charge in [-0.15, -0.1) is 0 Å². The van der Waals surface area contributed by atoms with Gasteiger partial charge in [0.25, 0.3) is 5.56 Å². The van der Waals surface area contributed by atoms with E-state index in [2.05, 4.69) is 26.1 Å². The van der Waals surface area contributed by atoms with Crippen LogP contribution in [0.4, 0.5) is 8.78 Å². The summed E-state index contributed by atoms with van der Waals surface area (Å²) in [5.74, 6) is -2.11. The maximum atomic E-state index is 13.7. The van der Waals surface area contributed by atoms with E-state index in [0.717, 1.165) is 16.5 Å². The highest BCUT2D eigenvalue weighted by Gasteiger charge is 2.20. The molecule has 0 bridgehead atoms. The Balaban J connectivity index is 2.45. The lowest BCUT2D eigenvalue weighted by Crippen LogP contribution is -2.15. The molecule has 3 rings (SSSR count). The molecular weight excluding hydrogens is 324 g/mol. The smallest absolute Gasteiger partial charge is 0.314 e. The number of benzene rings is 1. The van der Waals surface area contributed by atoms with Crippen molar-refractivity contribution in [1.29, 1.82) is 0 Å². The van der Waals surface area contributed by atoms with Crippen LogP contribution in [0.2, 0.25) is 0 Å². The molecule has 8 heteroatoms. The molecule has 0 fully saturated rings. The zero-order chi connectivity index (χ0) is 13.6. The Morgan fingerprint density at radius 3 is 2.63 bits per heavy atom. The number of hydrogen-bond donors (Lipinski definition) is 0. The zero-order valence-electron chi connectivity index (χ0n) is 9.10. The van der Waals surface area contributed by atoms with E-state index >= 15 is 0 Å². The lowest BCUT2D eigenvalue weighted by Gasteiger charge is -2.01. The molecular formula is C11H4BrF2N3O2. The van der Waals surface area contributed by atoms with Crippen molar-refractivity contribution in [2.75, 3.05) is 0 Å². The molecule has 2 aromatic heterocycles. The van der Waals surface area contributed by atoms with E-state index in [1.807, 2.05) is 0 Å². The Hall–Kier alpha value is -2.09. The summed E-state index contributed by atoms with van der Waals surface area (Å²) in [5.41, 5.74) is -1.01. The molecule has 0 radical (unpaired) electrons. The van der Waals surface area contributed by atoms with Gasteiger partial charge >= 0.3 is 5.84 Å². The van der Waals surface area contributed by atoms with Gasteiger partial charge in [-0.05, 0) is 28.1 Å². The van der Waals surface area contributed by atoms with Crippen LogP contribution < -0.4 is 5.56 Å². The van der Waals surface area contributed by atoms with E-state index in [4.69, 9.17) is 4.52 Å². The number of hydrogen-bond acceptors (Lipinski definition) is 4. The first-order valence-corrected chi connectivity index (χ1v) is 5.86. The molecule has 0 N–H and O–H groups in total. The maximum absolute atomic E-state index is 13.7.